The van der Waals surface area contributed by atoms with Gasteiger partial charge in [0, 0.05) is 33.3 Å². The number of methoxy groups -OCH3 is 2. The second-order valence-corrected chi connectivity index (χ2v) is 22.3. The van der Waals surface area contributed by atoms with E-state index >= 15 is 0 Å². The number of hydrogen-bond acceptors (Lipinski definition) is 20. The number of nitrogens with zero attached hydrogens (tertiary/aromatic N) is 4. The van der Waals surface area contributed by atoms with Crippen LogP contribution in [-0.4, -0.2) is 120 Å². The number of azo groups is 2. The summed E-state index contributed by atoms with van der Waals surface area (Å²) in [6.45, 7) is 1.18. The Bertz CT molecular complexity index is 3730. The number of aromatic hydroxyl groups is 2. The number of nitrogens with one attached hydrogen (secondary N) is 2. The maximum Gasteiger partial charge on any atom is 0.297 e. The molecular formula is C43H40Cl2N6O19S5. The molecule has 0 bridgehead atoms. The number of hydrogen-bond donors (Lipinski definition) is 7. The normalized spacial score (nSPS) is 13.1. The second-order valence-electron chi connectivity index (χ2n) is 15.2. The van der Waals surface area contributed by atoms with Gasteiger partial charge in [0.25, 0.3) is 30.4 Å². The van der Waals surface area contributed by atoms with E-state index in [1.165, 1.54) is 57.5 Å². The number of amides is 2. The summed E-state index contributed by atoms with van der Waals surface area (Å²) >= 11 is 6.71. The molecule has 25 nitrogen and oxygen atoms in total. The van der Waals surface area contributed by atoms with Gasteiger partial charge in [-0.15, -0.1) is 43.7 Å². The lowest BCUT2D eigenvalue weighted by molar-refractivity contribution is -0.114. The maximum atomic E-state index is 12.7. The number of benzene rings is 6. The van der Waals surface area contributed by atoms with Crippen molar-refractivity contribution < 1.29 is 85.0 Å². The number of carbonyl (C=O) groups excluding carboxylic acids is 2. The molecule has 400 valence electrons. The molecule has 6 rings (SSSR count). The van der Waals surface area contributed by atoms with Gasteiger partial charge in [-0.2, -0.15) is 25.3 Å². The topological polar surface area (TPSA) is 382 Å². The molecule has 75 heavy (non-hydrogen) atoms. The quantitative estimate of drug-likeness (QED) is 0.0194. The van der Waals surface area contributed by atoms with Crippen LogP contribution in [0.15, 0.2) is 108 Å². The first kappa shape index (κ1) is 58.0. The number of fused-ring (bicyclic) bond motifs is 2. The first-order valence-electron chi connectivity index (χ1n) is 20.8. The SMILES string of the molecule is COc1cc(-c2ccc(N=Nc3c(S(=O)(=O)O)cc4c(S(=O)(=O)O)c(NC(=O)CS(=O)OCCCl)ccc4c3O)c(OC)c2)ccc1N=Nc1c(C)cc2c(S(=O)(=O)O)c(NC(=O)CS(=O)OCCCl)ccc2c1O. The number of phenols is 2. The minimum absolute atomic E-state index is 0.0101. The minimum Gasteiger partial charge on any atom is -0.505 e. The first-order chi connectivity index (χ1) is 35.3. The van der Waals surface area contributed by atoms with Crippen molar-refractivity contribution in [3.63, 3.8) is 0 Å². The Balaban J connectivity index is 1.30. The van der Waals surface area contributed by atoms with E-state index in [0.29, 0.717) is 17.2 Å². The average molecular weight is 1180 g/mol. The fourth-order valence-corrected chi connectivity index (χ4v) is 11.1. The molecule has 0 saturated heterocycles. The molecule has 0 fully saturated rings. The van der Waals surface area contributed by atoms with Gasteiger partial charge < -0.3 is 30.3 Å². The Morgan fingerprint density at radius 2 is 0.987 bits per heavy atom. The number of anilines is 2. The summed E-state index contributed by atoms with van der Waals surface area (Å²) in [4.78, 5) is 22.1. The minimum atomic E-state index is -5.36. The zero-order valence-corrected chi connectivity index (χ0v) is 44.3. The molecule has 2 atom stereocenters. The fourth-order valence-electron chi connectivity index (χ4n) is 7.12. The van der Waals surface area contributed by atoms with Crippen LogP contribution in [0.3, 0.4) is 0 Å². The van der Waals surface area contributed by atoms with Crippen LogP contribution in [0, 0.1) is 6.92 Å². The molecule has 0 aliphatic carbocycles. The molecule has 32 heteroatoms. The lowest BCUT2D eigenvalue weighted by atomic mass is 10.0. The van der Waals surface area contributed by atoms with E-state index < -0.39 is 124 Å². The van der Waals surface area contributed by atoms with Gasteiger partial charge >= 0.3 is 0 Å². The number of ether oxygens (including phenoxy) is 2. The van der Waals surface area contributed by atoms with Crippen LogP contribution < -0.4 is 20.1 Å². The van der Waals surface area contributed by atoms with Crippen molar-refractivity contribution in [1.82, 2.24) is 0 Å². The van der Waals surface area contributed by atoms with Gasteiger partial charge in [-0.3, -0.25) is 31.6 Å². The van der Waals surface area contributed by atoms with Crippen molar-refractivity contribution in [2.45, 2.75) is 21.6 Å². The van der Waals surface area contributed by atoms with Crippen molar-refractivity contribution >= 4 is 143 Å². The summed E-state index contributed by atoms with van der Waals surface area (Å²) in [5.41, 5.74) is -0.705. The molecule has 0 heterocycles. The molecular weight excluding hydrogens is 1140 g/mol. The number of aryl methyl sites for hydroxylation is 1. The van der Waals surface area contributed by atoms with Gasteiger partial charge in [0.15, 0.2) is 33.7 Å². The summed E-state index contributed by atoms with van der Waals surface area (Å²) < 4.78 is 151. The summed E-state index contributed by atoms with van der Waals surface area (Å²) in [5.74, 6) is -4.85. The molecule has 0 spiro atoms. The predicted molar refractivity (Wildman–Crippen MR) is 275 cm³/mol. The first-order valence-corrected chi connectivity index (χ1v) is 28.7. The van der Waals surface area contributed by atoms with E-state index in [2.05, 4.69) is 31.1 Å². The standard InChI is InChI=1S/C43H40Cl2N6O19S5/c1-22-16-27-25(6-10-31(42(27)74(61,62)63)46-36(52)20-71(56)69-14-12-44)40(54)38(22)50-48-29-8-4-23(17-33(29)67-2)24-5-9-30(34(18-24)68-3)49-51-39-35(73(58,59)60)19-28-26(41(39)55)7-11-32(43(28)75(64,65)66)47-37(53)21-72(57)70-15-13-45/h4-11,16-19,54-55H,12-15,20-21H2,1-3H3,(H,46,52)(H,47,53)(H,58,59,60)(H,61,62,63)(H,64,65,66). The maximum absolute atomic E-state index is 12.7. The molecule has 2 amide bonds. The lowest BCUT2D eigenvalue weighted by Crippen LogP contribution is -2.22. The van der Waals surface area contributed by atoms with Crippen molar-refractivity contribution in [2.24, 2.45) is 20.5 Å². The highest BCUT2D eigenvalue weighted by Crippen LogP contribution is 2.47. The van der Waals surface area contributed by atoms with Crippen molar-refractivity contribution in [2.75, 3.05) is 61.3 Å². The van der Waals surface area contributed by atoms with E-state index in [1.54, 1.807) is 12.1 Å². The highest BCUT2D eigenvalue weighted by Gasteiger charge is 2.29. The van der Waals surface area contributed by atoms with Gasteiger partial charge in [0.1, 0.15) is 60.4 Å². The Kier molecular flexibility index (Phi) is 18.7. The van der Waals surface area contributed by atoms with E-state index in [4.69, 9.17) is 41.0 Å². The van der Waals surface area contributed by atoms with Gasteiger partial charge in [-0.25, -0.2) is 8.42 Å². The largest absolute Gasteiger partial charge is 0.505 e. The Labute approximate surface area is 441 Å². The molecule has 0 aromatic heterocycles. The van der Waals surface area contributed by atoms with Crippen molar-refractivity contribution in [1.29, 1.82) is 0 Å². The van der Waals surface area contributed by atoms with Crippen LogP contribution >= 0.6 is 23.2 Å². The van der Waals surface area contributed by atoms with Crippen LogP contribution in [0.5, 0.6) is 23.0 Å². The summed E-state index contributed by atoms with van der Waals surface area (Å²) in [7, 11) is -13.1. The third-order valence-corrected chi connectivity index (χ3v) is 15.2. The van der Waals surface area contributed by atoms with E-state index in [-0.39, 0.29) is 75.6 Å². The number of phenolic OH excluding ortho intramolecular Hbond substituents is 2. The molecule has 0 aliphatic rings. The third-order valence-electron chi connectivity index (χ3n) is 10.2. The molecule has 7 N–H and O–H groups in total. The highest BCUT2D eigenvalue weighted by molar-refractivity contribution is 7.87. The van der Waals surface area contributed by atoms with Crippen LogP contribution in [-0.2, 0) is 70.5 Å². The molecule has 6 aromatic carbocycles. The highest BCUT2D eigenvalue weighted by atomic mass is 35.5. The summed E-state index contributed by atoms with van der Waals surface area (Å²) in [6, 6.07) is 15.3. The van der Waals surface area contributed by atoms with E-state index in [9.17, 15) is 67.1 Å². The van der Waals surface area contributed by atoms with E-state index in [0.717, 1.165) is 18.2 Å². The lowest BCUT2D eigenvalue weighted by Gasteiger charge is -2.15. The zero-order chi connectivity index (χ0) is 55.2. The smallest absolute Gasteiger partial charge is 0.297 e. The molecule has 0 saturated carbocycles. The van der Waals surface area contributed by atoms with Crippen LogP contribution in [0.2, 0.25) is 0 Å². The fraction of sp³-hybridized carbons (Fsp3) is 0.209. The number of carbonyl (C=O) groups is 2. The Morgan fingerprint density at radius 1 is 0.573 bits per heavy atom. The van der Waals surface area contributed by atoms with Crippen LogP contribution in [0.25, 0.3) is 32.7 Å². The number of alkyl halides is 2. The Morgan fingerprint density at radius 3 is 1.39 bits per heavy atom. The van der Waals surface area contributed by atoms with Crippen molar-refractivity contribution in [3.05, 3.63) is 78.4 Å². The zero-order valence-electron chi connectivity index (χ0n) is 38.7. The third kappa shape index (κ3) is 13.8. The monoisotopic (exact) mass is 1170 g/mol. The molecule has 2 unspecified atom stereocenters. The second kappa shape index (κ2) is 24.1. The van der Waals surface area contributed by atoms with Gasteiger partial charge in [-0.1, -0.05) is 12.1 Å². The summed E-state index contributed by atoms with van der Waals surface area (Å²) in [6.07, 6.45) is 0. The predicted octanol–water partition coefficient (Wildman–Crippen LogP) is 7.68. The number of halogens is 2. The van der Waals surface area contributed by atoms with Crippen molar-refractivity contribution in [3.8, 4) is 34.1 Å². The summed E-state index contributed by atoms with van der Waals surface area (Å²) in [5, 5.41) is 42.0. The van der Waals surface area contributed by atoms with Crippen LogP contribution in [0.4, 0.5) is 34.1 Å². The van der Waals surface area contributed by atoms with Gasteiger partial charge in [-0.05, 0) is 84.3 Å². The van der Waals surface area contributed by atoms with Gasteiger partial charge in [0.2, 0.25) is 11.8 Å². The Hall–Kier alpha value is -6.29. The van der Waals surface area contributed by atoms with Crippen LogP contribution in [0.1, 0.15) is 5.56 Å². The molecule has 6 aromatic rings. The van der Waals surface area contributed by atoms with Gasteiger partial charge in [0.05, 0.1) is 38.8 Å². The number of rotatable bonds is 22. The average Bonchev–Trinajstić information content (AvgIpc) is 3.33. The van der Waals surface area contributed by atoms with E-state index in [1.807, 2.05) is 0 Å². The molecule has 0 radical (unpaired) electrons. The molecule has 0 aliphatic heterocycles.